The van der Waals surface area contributed by atoms with Crippen LogP contribution in [0, 0.1) is 0 Å². The maximum absolute atomic E-state index is 10.5. The van der Waals surface area contributed by atoms with Crippen LogP contribution in [0.4, 0.5) is 0 Å². The highest BCUT2D eigenvalue weighted by Gasteiger charge is 2.13. The van der Waals surface area contributed by atoms with E-state index in [4.69, 9.17) is 21.7 Å². The van der Waals surface area contributed by atoms with Gasteiger partial charge in [0.2, 0.25) is 0 Å². The Morgan fingerprint density at radius 1 is 0.786 bits per heavy atom. The largest absolute Gasteiger partial charge is 0.507 e. The summed E-state index contributed by atoms with van der Waals surface area (Å²) >= 11 is 6.27. The lowest BCUT2D eigenvalue weighted by molar-refractivity contribution is -0.139. The van der Waals surface area contributed by atoms with E-state index < -0.39 is 24.0 Å². The number of carboxylic acids is 2. The first-order valence-electron chi connectivity index (χ1n) is 7.92. The van der Waals surface area contributed by atoms with Gasteiger partial charge in [-0.2, -0.15) is 0 Å². The van der Waals surface area contributed by atoms with Gasteiger partial charge in [-0.25, -0.2) is 0 Å². The first-order valence-corrected chi connectivity index (χ1v) is 9.51. The number of hydrogen-bond acceptors (Lipinski definition) is 6. The van der Waals surface area contributed by atoms with E-state index in [9.17, 15) is 19.8 Å². The number of halogens is 2. The Balaban J connectivity index is 0.000000280. The van der Waals surface area contributed by atoms with Gasteiger partial charge in [0.15, 0.2) is 0 Å². The molecule has 0 heterocycles. The molecule has 0 aromatic heterocycles. The molecule has 10 heteroatoms. The molecular weight excluding hydrogens is 500 g/mol. The zero-order chi connectivity index (χ0) is 21.4. The van der Waals surface area contributed by atoms with Crippen molar-refractivity contribution in [3.05, 3.63) is 56.5 Å². The molecule has 8 N–H and O–H groups in total. The van der Waals surface area contributed by atoms with Crippen LogP contribution in [0.5, 0.6) is 11.5 Å². The molecule has 0 saturated carbocycles. The van der Waals surface area contributed by atoms with Gasteiger partial charge in [0, 0.05) is 0 Å². The van der Waals surface area contributed by atoms with E-state index in [-0.39, 0.29) is 24.3 Å². The number of aromatic hydroxyl groups is 2. The van der Waals surface area contributed by atoms with Crippen molar-refractivity contribution >= 4 is 43.8 Å². The van der Waals surface area contributed by atoms with Crippen LogP contribution < -0.4 is 11.5 Å². The first kappa shape index (κ1) is 23.9. The SMILES string of the molecule is N[C@@H](Cc1ccc(O)c(Br)c1)C(=O)O.N[C@@H](Cc1ccc(O)c(Br)c1)C(=O)O. The van der Waals surface area contributed by atoms with E-state index in [1.165, 1.54) is 12.1 Å². The summed E-state index contributed by atoms with van der Waals surface area (Å²) in [5, 5.41) is 35.5. The van der Waals surface area contributed by atoms with Crippen molar-refractivity contribution in [2.45, 2.75) is 24.9 Å². The number of phenols is 2. The zero-order valence-electron chi connectivity index (χ0n) is 14.5. The van der Waals surface area contributed by atoms with Gasteiger partial charge < -0.3 is 31.9 Å². The second-order valence-electron chi connectivity index (χ2n) is 5.87. The minimum absolute atomic E-state index is 0.123. The fourth-order valence-corrected chi connectivity index (χ4v) is 2.89. The molecule has 0 bridgehead atoms. The van der Waals surface area contributed by atoms with E-state index in [1.54, 1.807) is 24.3 Å². The summed E-state index contributed by atoms with van der Waals surface area (Å²) in [6, 6.07) is 7.75. The standard InChI is InChI=1S/2C9H10BrNO3/c2*10-6-3-5(1-2-8(6)12)4-7(11)9(13)14/h2*1-3,7,12H,4,11H2,(H,13,14)/t2*7-/m00/s1. The highest BCUT2D eigenvalue weighted by atomic mass is 79.9. The summed E-state index contributed by atoms with van der Waals surface area (Å²) in [6.07, 6.45) is 0.489. The molecule has 2 atom stereocenters. The first-order chi connectivity index (χ1) is 13.0. The summed E-state index contributed by atoms with van der Waals surface area (Å²) in [6.45, 7) is 0. The van der Waals surface area contributed by atoms with Crippen molar-refractivity contribution in [1.29, 1.82) is 0 Å². The second kappa shape index (κ2) is 11.0. The third-order valence-corrected chi connectivity index (χ3v) is 4.84. The Bertz CT molecular complexity index is 777. The quantitative estimate of drug-likeness (QED) is 0.337. The lowest BCUT2D eigenvalue weighted by Gasteiger charge is -2.07. The van der Waals surface area contributed by atoms with Crippen LogP contribution >= 0.6 is 31.9 Å². The van der Waals surface area contributed by atoms with Crippen molar-refractivity contribution in [2.75, 3.05) is 0 Å². The summed E-state index contributed by atoms with van der Waals surface area (Å²) in [5.74, 6) is -1.82. The third-order valence-electron chi connectivity index (χ3n) is 3.57. The van der Waals surface area contributed by atoms with Crippen LogP contribution in [0.15, 0.2) is 45.3 Å². The van der Waals surface area contributed by atoms with E-state index >= 15 is 0 Å². The molecule has 0 fully saturated rings. The molecular formula is C18H20Br2N2O6. The van der Waals surface area contributed by atoms with Crippen LogP contribution in [0.3, 0.4) is 0 Å². The normalized spacial score (nSPS) is 12.4. The smallest absolute Gasteiger partial charge is 0.320 e. The molecule has 2 rings (SSSR count). The molecule has 0 aliphatic carbocycles. The molecule has 152 valence electrons. The molecule has 0 amide bonds. The monoisotopic (exact) mass is 518 g/mol. The van der Waals surface area contributed by atoms with Crippen molar-refractivity contribution in [3.8, 4) is 11.5 Å². The number of rotatable bonds is 6. The van der Waals surface area contributed by atoms with Gasteiger partial charge in [0.25, 0.3) is 0 Å². The third kappa shape index (κ3) is 7.85. The maximum Gasteiger partial charge on any atom is 0.320 e. The number of carbonyl (C=O) groups is 2. The molecule has 8 nitrogen and oxygen atoms in total. The average molecular weight is 520 g/mol. The summed E-state index contributed by atoms with van der Waals surface area (Å²) in [5.41, 5.74) is 12.3. The highest BCUT2D eigenvalue weighted by molar-refractivity contribution is 9.10. The van der Waals surface area contributed by atoms with Gasteiger partial charge in [0.1, 0.15) is 23.6 Å². The van der Waals surface area contributed by atoms with Crippen LogP contribution in [-0.4, -0.2) is 44.4 Å². The molecule has 0 unspecified atom stereocenters. The molecule has 0 spiro atoms. The van der Waals surface area contributed by atoms with Crippen molar-refractivity contribution in [1.82, 2.24) is 0 Å². The molecule has 0 aliphatic heterocycles. The Hall–Kier alpha value is -2.14. The van der Waals surface area contributed by atoms with Gasteiger partial charge in [-0.1, -0.05) is 12.1 Å². The predicted octanol–water partition coefficient (Wildman–Crippen LogP) is 2.22. The van der Waals surface area contributed by atoms with Crippen molar-refractivity contribution in [3.63, 3.8) is 0 Å². The van der Waals surface area contributed by atoms with Gasteiger partial charge in [-0.15, -0.1) is 0 Å². The van der Waals surface area contributed by atoms with Crippen LogP contribution in [-0.2, 0) is 22.4 Å². The van der Waals surface area contributed by atoms with Crippen LogP contribution in [0.25, 0.3) is 0 Å². The molecule has 0 radical (unpaired) electrons. The Morgan fingerprint density at radius 3 is 1.36 bits per heavy atom. The van der Waals surface area contributed by atoms with Gasteiger partial charge in [-0.05, 0) is 80.1 Å². The number of hydrogen-bond donors (Lipinski definition) is 6. The van der Waals surface area contributed by atoms with Crippen molar-refractivity contribution < 1.29 is 30.0 Å². The van der Waals surface area contributed by atoms with E-state index in [0.717, 1.165) is 11.1 Å². The van der Waals surface area contributed by atoms with Gasteiger partial charge in [-0.3, -0.25) is 9.59 Å². The maximum atomic E-state index is 10.5. The minimum atomic E-state index is -1.03. The number of aliphatic carboxylic acids is 2. The lowest BCUT2D eigenvalue weighted by Crippen LogP contribution is -2.32. The lowest BCUT2D eigenvalue weighted by atomic mass is 10.1. The fraction of sp³-hybridized carbons (Fsp3) is 0.222. The van der Waals surface area contributed by atoms with Gasteiger partial charge >= 0.3 is 11.9 Å². The molecule has 2 aromatic carbocycles. The highest BCUT2D eigenvalue weighted by Crippen LogP contribution is 2.25. The summed E-state index contributed by atoms with van der Waals surface area (Å²) in [4.78, 5) is 20.9. The Kier molecular flexibility index (Phi) is 9.39. The van der Waals surface area contributed by atoms with E-state index in [2.05, 4.69) is 31.9 Å². The summed E-state index contributed by atoms with van der Waals surface area (Å²) in [7, 11) is 0. The van der Waals surface area contributed by atoms with E-state index in [1.807, 2.05) is 0 Å². The topological polar surface area (TPSA) is 167 Å². The number of carboxylic acid groups (broad SMARTS) is 2. The molecule has 28 heavy (non-hydrogen) atoms. The number of nitrogens with two attached hydrogens (primary N) is 2. The summed E-state index contributed by atoms with van der Waals surface area (Å²) < 4.78 is 1.07. The van der Waals surface area contributed by atoms with Crippen molar-refractivity contribution in [2.24, 2.45) is 11.5 Å². The molecule has 2 aromatic rings. The zero-order valence-corrected chi connectivity index (χ0v) is 17.7. The number of benzene rings is 2. The van der Waals surface area contributed by atoms with E-state index in [0.29, 0.717) is 8.95 Å². The van der Waals surface area contributed by atoms with Crippen LogP contribution in [0.2, 0.25) is 0 Å². The molecule has 0 saturated heterocycles. The fourth-order valence-electron chi connectivity index (χ4n) is 2.04. The minimum Gasteiger partial charge on any atom is -0.507 e. The number of phenolic OH excluding ortho intramolecular Hbond substituents is 2. The average Bonchev–Trinajstić information content (AvgIpc) is 2.61. The Morgan fingerprint density at radius 2 is 1.11 bits per heavy atom. The second-order valence-corrected chi connectivity index (χ2v) is 7.58. The Labute approximate surface area is 178 Å². The van der Waals surface area contributed by atoms with Crippen LogP contribution in [0.1, 0.15) is 11.1 Å². The predicted molar refractivity (Wildman–Crippen MR) is 110 cm³/mol. The molecule has 0 aliphatic rings. The van der Waals surface area contributed by atoms with Gasteiger partial charge in [0.05, 0.1) is 8.95 Å².